The number of benzene rings is 1. The van der Waals surface area contributed by atoms with Crippen molar-refractivity contribution in [1.82, 2.24) is 0 Å². The number of ether oxygens (including phenoxy) is 1. The van der Waals surface area contributed by atoms with E-state index in [1.807, 2.05) is 0 Å². The number of aliphatic hydroxyl groups is 2. The minimum atomic E-state index is -1.58. The van der Waals surface area contributed by atoms with Gasteiger partial charge in [0, 0.05) is 18.9 Å². The highest BCUT2D eigenvalue weighted by Gasteiger charge is 2.30. The van der Waals surface area contributed by atoms with Gasteiger partial charge in [0.2, 0.25) is 0 Å². The van der Waals surface area contributed by atoms with Gasteiger partial charge in [0.15, 0.2) is 5.78 Å². The Morgan fingerprint density at radius 3 is 2.70 bits per heavy atom. The van der Waals surface area contributed by atoms with Crippen LogP contribution in [-0.2, 0) is 9.53 Å². The molecule has 0 amide bonds. The highest BCUT2D eigenvalue weighted by Crippen LogP contribution is 2.22. The number of aliphatic hydroxyl groups excluding tert-OH is 2. The molecule has 0 bridgehead atoms. The Balaban J connectivity index is 2.15. The van der Waals surface area contributed by atoms with Gasteiger partial charge in [0.25, 0.3) is 5.69 Å². The van der Waals surface area contributed by atoms with E-state index in [0.29, 0.717) is 0 Å². The number of nitro groups is 1. The van der Waals surface area contributed by atoms with Crippen LogP contribution in [0.25, 0.3) is 0 Å². The highest BCUT2D eigenvalue weighted by atomic mass is 16.6. The summed E-state index contributed by atoms with van der Waals surface area (Å²) < 4.78 is 5.18. The first-order valence-electron chi connectivity index (χ1n) is 6.91. The fourth-order valence-corrected chi connectivity index (χ4v) is 2.24. The van der Waals surface area contributed by atoms with Gasteiger partial charge in [-0.05, 0) is 12.1 Å². The zero-order valence-electron chi connectivity index (χ0n) is 12.0. The van der Waals surface area contributed by atoms with E-state index in [1.165, 1.54) is 30.3 Å². The minimum absolute atomic E-state index is 0.149. The molecule has 0 radical (unpaired) electrons. The van der Waals surface area contributed by atoms with Gasteiger partial charge in [-0.2, -0.15) is 0 Å². The quantitative estimate of drug-likeness (QED) is 0.478. The van der Waals surface area contributed by atoms with Gasteiger partial charge >= 0.3 is 5.97 Å². The molecule has 0 spiro atoms. The lowest BCUT2D eigenvalue weighted by Crippen LogP contribution is -2.37. The standard InChI is InChI=1S/C15H15NO7/c17-12-7-3-4-9(8-13(18)14(12)19)23-15(20)10-5-1-2-6-11(10)16(21)22/h1-3,5-7,9,13-14,18-19H,4,8H2. The van der Waals surface area contributed by atoms with Crippen LogP contribution in [0.4, 0.5) is 5.69 Å². The lowest BCUT2D eigenvalue weighted by molar-refractivity contribution is -0.385. The maximum atomic E-state index is 12.1. The van der Waals surface area contributed by atoms with E-state index in [4.69, 9.17) is 4.74 Å². The molecule has 0 aliphatic heterocycles. The Kier molecular flexibility index (Phi) is 5.20. The molecule has 3 atom stereocenters. The molecule has 8 nitrogen and oxygen atoms in total. The second kappa shape index (κ2) is 7.12. The van der Waals surface area contributed by atoms with Crippen LogP contribution in [0, 0.1) is 10.1 Å². The molecule has 8 heteroatoms. The van der Waals surface area contributed by atoms with E-state index in [2.05, 4.69) is 0 Å². The van der Waals surface area contributed by atoms with Gasteiger partial charge in [-0.3, -0.25) is 14.9 Å². The van der Waals surface area contributed by atoms with E-state index in [0.717, 1.165) is 6.08 Å². The molecule has 0 heterocycles. The number of rotatable bonds is 3. The second-order valence-corrected chi connectivity index (χ2v) is 5.09. The highest BCUT2D eigenvalue weighted by molar-refractivity contribution is 5.94. The third-order valence-corrected chi connectivity index (χ3v) is 3.44. The van der Waals surface area contributed by atoms with Gasteiger partial charge in [-0.25, -0.2) is 4.79 Å². The lowest BCUT2D eigenvalue weighted by atomic mass is 9.97. The Labute approximate surface area is 131 Å². The van der Waals surface area contributed by atoms with E-state index in [1.54, 1.807) is 0 Å². The fraction of sp³-hybridized carbons (Fsp3) is 0.333. The molecular formula is C15H15NO7. The Bertz CT molecular complexity index is 655. The molecule has 1 aliphatic rings. The number of hydrogen-bond donors (Lipinski definition) is 2. The molecule has 122 valence electrons. The fourth-order valence-electron chi connectivity index (χ4n) is 2.24. The van der Waals surface area contributed by atoms with Crippen LogP contribution >= 0.6 is 0 Å². The number of carbonyl (C=O) groups is 2. The summed E-state index contributed by atoms with van der Waals surface area (Å²) >= 11 is 0. The summed E-state index contributed by atoms with van der Waals surface area (Å²) in [5.74, 6) is -1.52. The van der Waals surface area contributed by atoms with E-state index < -0.39 is 35.0 Å². The molecule has 0 fully saturated rings. The normalized spacial score (nSPS) is 24.6. The average Bonchev–Trinajstić information content (AvgIpc) is 2.52. The first-order chi connectivity index (χ1) is 10.9. The van der Waals surface area contributed by atoms with Crippen LogP contribution in [0.1, 0.15) is 23.2 Å². The minimum Gasteiger partial charge on any atom is -0.458 e. The van der Waals surface area contributed by atoms with Crippen LogP contribution in [0.3, 0.4) is 0 Å². The van der Waals surface area contributed by atoms with Gasteiger partial charge in [0.05, 0.1) is 11.0 Å². The smallest absolute Gasteiger partial charge is 0.345 e. The van der Waals surface area contributed by atoms with E-state index >= 15 is 0 Å². The lowest BCUT2D eigenvalue weighted by Gasteiger charge is -2.23. The van der Waals surface area contributed by atoms with Crippen LogP contribution in [0.5, 0.6) is 0 Å². The molecule has 0 saturated heterocycles. The molecule has 23 heavy (non-hydrogen) atoms. The summed E-state index contributed by atoms with van der Waals surface area (Å²) in [6.45, 7) is 0. The molecule has 2 rings (SSSR count). The van der Waals surface area contributed by atoms with Crippen LogP contribution in [0.2, 0.25) is 0 Å². The van der Waals surface area contributed by atoms with Gasteiger partial charge < -0.3 is 14.9 Å². The van der Waals surface area contributed by atoms with Crippen molar-refractivity contribution in [3.8, 4) is 0 Å². The largest absolute Gasteiger partial charge is 0.458 e. The third kappa shape index (κ3) is 3.99. The SMILES string of the molecule is O=C(OC1CC=CC(=O)C(O)C(O)C1)c1ccccc1[N+](=O)[O-]. The molecule has 1 aromatic rings. The topological polar surface area (TPSA) is 127 Å². The summed E-state index contributed by atoms with van der Waals surface area (Å²) in [5.41, 5.74) is -0.579. The summed E-state index contributed by atoms with van der Waals surface area (Å²) in [6, 6.07) is 5.36. The molecule has 2 N–H and O–H groups in total. The maximum Gasteiger partial charge on any atom is 0.345 e. The van der Waals surface area contributed by atoms with Crippen molar-refractivity contribution in [2.45, 2.75) is 31.2 Å². The van der Waals surface area contributed by atoms with Crippen LogP contribution in [-0.4, -0.2) is 45.2 Å². The number of hydrogen-bond acceptors (Lipinski definition) is 7. The zero-order chi connectivity index (χ0) is 17.0. The van der Waals surface area contributed by atoms with Gasteiger partial charge in [-0.15, -0.1) is 0 Å². The van der Waals surface area contributed by atoms with Crippen molar-refractivity contribution in [2.24, 2.45) is 0 Å². The average molecular weight is 321 g/mol. The number of nitro benzene ring substituents is 1. The molecular weight excluding hydrogens is 306 g/mol. The first-order valence-corrected chi connectivity index (χ1v) is 6.91. The van der Waals surface area contributed by atoms with E-state index in [-0.39, 0.29) is 24.1 Å². The molecule has 1 aromatic carbocycles. The predicted molar refractivity (Wildman–Crippen MR) is 77.7 cm³/mol. The van der Waals surface area contributed by atoms with Crippen molar-refractivity contribution in [3.05, 3.63) is 52.1 Å². The number of ketones is 1. The Morgan fingerprint density at radius 2 is 2.00 bits per heavy atom. The van der Waals surface area contributed by atoms with Gasteiger partial charge in [0.1, 0.15) is 17.8 Å². The van der Waals surface area contributed by atoms with Crippen molar-refractivity contribution >= 4 is 17.4 Å². The van der Waals surface area contributed by atoms with Crippen LogP contribution < -0.4 is 0 Å². The zero-order valence-corrected chi connectivity index (χ0v) is 12.0. The second-order valence-electron chi connectivity index (χ2n) is 5.09. The monoisotopic (exact) mass is 321 g/mol. The molecule has 0 saturated carbocycles. The maximum absolute atomic E-state index is 12.1. The van der Waals surface area contributed by atoms with Gasteiger partial charge in [-0.1, -0.05) is 18.2 Å². The predicted octanol–water partition coefficient (Wildman–Crippen LogP) is 0.761. The first kappa shape index (κ1) is 16.8. The molecule has 3 unspecified atom stereocenters. The number of esters is 1. The summed E-state index contributed by atoms with van der Waals surface area (Å²) in [7, 11) is 0. The summed E-state index contributed by atoms with van der Waals surface area (Å²) in [5, 5.41) is 30.2. The third-order valence-electron chi connectivity index (χ3n) is 3.44. The Morgan fingerprint density at radius 1 is 1.30 bits per heavy atom. The van der Waals surface area contributed by atoms with Crippen LogP contribution in [0.15, 0.2) is 36.4 Å². The van der Waals surface area contributed by atoms with Crippen molar-refractivity contribution in [1.29, 1.82) is 0 Å². The van der Waals surface area contributed by atoms with E-state index in [9.17, 15) is 29.9 Å². The summed E-state index contributed by atoms with van der Waals surface area (Å²) in [6.07, 6.45) is -1.23. The molecule has 0 aromatic heterocycles. The number of carbonyl (C=O) groups excluding carboxylic acids is 2. The number of para-hydroxylation sites is 1. The Hall–Kier alpha value is -2.58. The summed E-state index contributed by atoms with van der Waals surface area (Å²) in [4.78, 5) is 33.7. The van der Waals surface area contributed by atoms with Crippen molar-refractivity contribution in [2.75, 3.05) is 0 Å². The van der Waals surface area contributed by atoms with Crippen molar-refractivity contribution in [3.63, 3.8) is 0 Å². The molecule has 1 aliphatic carbocycles. The number of nitrogens with zero attached hydrogens (tertiary/aromatic N) is 1. The van der Waals surface area contributed by atoms with Crippen molar-refractivity contribution < 1.29 is 29.5 Å².